The summed E-state index contributed by atoms with van der Waals surface area (Å²) in [4.78, 5) is 16.2. The van der Waals surface area contributed by atoms with Gasteiger partial charge in [-0.15, -0.1) is 0 Å². The highest BCUT2D eigenvalue weighted by Gasteiger charge is 2.34. The zero-order valence-corrected chi connectivity index (χ0v) is 17.8. The number of anilines is 1. The van der Waals surface area contributed by atoms with Crippen LogP contribution in [0.1, 0.15) is 53.9 Å². The average molecular weight is 488 g/mol. The van der Waals surface area contributed by atoms with Crippen molar-refractivity contribution in [2.45, 2.75) is 50.4 Å². The van der Waals surface area contributed by atoms with E-state index in [1.807, 2.05) is 0 Å². The Morgan fingerprint density at radius 3 is 2.67 bits per heavy atom. The number of aromatic nitrogens is 3. The van der Waals surface area contributed by atoms with Gasteiger partial charge in [0, 0.05) is 34.4 Å². The average Bonchev–Trinajstić information content (AvgIpc) is 3.24. The monoisotopic (exact) mass is 487 g/mol. The molecule has 176 valence electrons. The minimum absolute atomic E-state index is 0.150. The smallest absolute Gasteiger partial charge is 0.382 e. The highest BCUT2D eigenvalue weighted by molar-refractivity contribution is 6.31. The Morgan fingerprint density at radius 1 is 1.18 bits per heavy atom. The van der Waals surface area contributed by atoms with Crippen LogP contribution in [0.25, 0.3) is 10.9 Å². The third-order valence-electron chi connectivity index (χ3n) is 5.55. The van der Waals surface area contributed by atoms with Crippen molar-refractivity contribution < 1.29 is 26.7 Å². The van der Waals surface area contributed by atoms with Crippen LogP contribution in [0.3, 0.4) is 0 Å². The summed E-state index contributed by atoms with van der Waals surface area (Å²) in [6, 6.07) is 4.78. The molecule has 2 atom stereocenters. The molecule has 0 unspecified atom stereocenters. The van der Waals surface area contributed by atoms with Gasteiger partial charge in [-0.25, -0.2) is 13.8 Å². The summed E-state index contributed by atoms with van der Waals surface area (Å²) in [5.41, 5.74) is -1.50. The van der Waals surface area contributed by atoms with Crippen molar-refractivity contribution in [3.05, 3.63) is 52.4 Å². The highest BCUT2D eigenvalue weighted by Crippen LogP contribution is 2.35. The first kappa shape index (κ1) is 23.2. The number of hydrogen-bond donors (Lipinski definition) is 3. The summed E-state index contributed by atoms with van der Waals surface area (Å²) in [5.74, 6) is -0.676. The minimum atomic E-state index is -4.62. The van der Waals surface area contributed by atoms with Crippen molar-refractivity contribution in [2.24, 2.45) is 0 Å². The van der Waals surface area contributed by atoms with E-state index in [9.17, 15) is 26.7 Å². The van der Waals surface area contributed by atoms with Crippen LogP contribution in [0, 0.1) is 0 Å². The topological polar surface area (TPSA) is 82.7 Å². The third kappa shape index (κ3) is 5.18. The number of halogens is 6. The van der Waals surface area contributed by atoms with Crippen LogP contribution in [-0.2, 0) is 6.18 Å². The minimum Gasteiger partial charge on any atom is -0.382 e. The fraction of sp³-hybridized carbons (Fsp3) is 0.381. The number of pyridine rings is 1. The maximum atomic E-state index is 13.4. The van der Waals surface area contributed by atoms with Crippen LogP contribution >= 0.6 is 11.6 Å². The van der Waals surface area contributed by atoms with Crippen LogP contribution in [0.5, 0.6) is 0 Å². The molecule has 0 aliphatic heterocycles. The number of aromatic amines is 1. The molecular weight excluding hydrogens is 469 g/mol. The van der Waals surface area contributed by atoms with E-state index >= 15 is 0 Å². The molecule has 2 heterocycles. The van der Waals surface area contributed by atoms with Gasteiger partial charge in [0.1, 0.15) is 11.4 Å². The lowest BCUT2D eigenvalue weighted by Gasteiger charge is -2.31. The largest absolute Gasteiger partial charge is 0.433 e. The lowest BCUT2D eigenvalue weighted by molar-refractivity contribution is -0.140. The number of carbonyl (C=O) groups is 1. The Kier molecular flexibility index (Phi) is 6.42. The van der Waals surface area contributed by atoms with Gasteiger partial charge in [0.05, 0.1) is 11.1 Å². The second-order valence-electron chi connectivity index (χ2n) is 7.88. The van der Waals surface area contributed by atoms with E-state index in [4.69, 9.17) is 11.6 Å². The van der Waals surface area contributed by atoms with E-state index in [0.29, 0.717) is 36.1 Å². The molecule has 1 fully saturated rings. The number of amides is 1. The quantitative estimate of drug-likeness (QED) is 0.402. The first-order valence-corrected chi connectivity index (χ1v) is 10.6. The van der Waals surface area contributed by atoms with Crippen LogP contribution in [-0.4, -0.2) is 33.2 Å². The summed E-state index contributed by atoms with van der Waals surface area (Å²) >= 11 is 6.04. The van der Waals surface area contributed by atoms with Gasteiger partial charge in [-0.3, -0.25) is 9.89 Å². The van der Waals surface area contributed by atoms with E-state index in [1.54, 1.807) is 6.07 Å². The molecule has 6 nitrogen and oxygen atoms in total. The summed E-state index contributed by atoms with van der Waals surface area (Å²) in [7, 11) is 0. The molecule has 2 aromatic heterocycles. The van der Waals surface area contributed by atoms with Crippen molar-refractivity contribution in [3.63, 3.8) is 0 Å². The number of benzene rings is 1. The number of carbonyl (C=O) groups excluding carboxylic acids is 1. The van der Waals surface area contributed by atoms with Crippen LogP contribution < -0.4 is 10.6 Å². The van der Waals surface area contributed by atoms with E-state index < -0.39 is 29.9 Å². The Morgan fingerprint density at radius 2 is 1.94 bits per heavy atom. The number of hydrogen-bond acceptors (Lipinski definition) is 4. The van der Waals surface area contributed by atoms with E-state index in [0.717, 1.165) is 12.3 Å². The Balaban J connectivity index is 1.53. The number of nitrogens with one attached hydrogen (secondary N) is 3. The normalized spacial score (nSPS) is 19.1. The number of H-pyrrole nitrogens is 1. The lowest BCUT2D eigenvalue weighted by atomic mass is 9.90. The first-order valence-electron chi connectivity index (χ1n) is 10.2. The number of alkyl halides is 5. The van der Waals surface area contributed by atoms with E-state index in [-0.39, 0.29) is 28.9 Å². The summed E-state index contributed by atoms with van der Waals surface area (Å²) in [6.45, 7) is 0. The molecule has 12 heteroatoms. The van der Waals surface area contributed by atoms with Gasteiger partial charge >= 0.3 is 6.18 Å². The molecule has 1 aliphatic carbocycles. The van der Waals surface area contributed by atoms with Crippen LogP contribution in [0.15, 0.2) is 30.5 Å². The van der Waals surface area contributed by atoms with E-state index in [2.05, 4.69) is 25.8 Å². The number of nitrogens with zero attached hydrogens (tertiary/aromatic N) is 2. The first-order chi connectivity index (χ1) is 15.6. The zero-order chi connectivity index (χ0) is 23.8. The second kappa shape index (κ2) is 9.12. The third-order valence-corrected chi connectivity index (χ3v) is 5.79. The highest BCUT2D eigenvalue weighted by atomic mass is 35.5. The Labute approximate surface area is 189 Å². The van der Waals surface area contributed by atoms with Gasteiger partial charge in [-0.2, -0.15) is 18.3 Å². The van der Waals surface area contributed by atoms with Crippen molar-refractivity contribution in [3.8, 4) is 0 Å². The molecule has 1 aliphatic rings. The lowest BCUT2D eigenvalue weighted by Crippen LogP contribution is -2.42. The van der Waals surface area contributed by atoms with Crippen molar-refractivity contribution in [1.82, 2.24) is 20.5 Å². The molecule has 1 amide bonds. The fourth-order valence-corrected chi connectivity index (χ4v) is 4.22. The Bertz CT molecular complexity index is 1170. The zero-order valence-electron chi connectivity index (χ0n) is 17.0. The maximum Gasteiger partial charge on any atom is 0.433 e. The predicted molar refractivity (Wildman–Crippen MR) is 112 cm³/mol. The van der Waals surface area contributed by atoms with Gasteiger partial charge in [0.15, 0.2) is 0 Å². The summed E-state index contributed by atoms with van der Waals surface area (Å²) in [6.07, 6.45) is -4.05. The van der Waals surface area contributed by atoms with Gasteiger partial charge in [-0.1, -0.05) is 11.6 Å². The molecule has 4 rings (SSSR count). The van der Waals surface area contributed by atoms with Crippen molar-refractivity contribution in [1.29, 1.82) is 0 Å². The van der Waals surface area contributed by atoms with Crippen LogP contribution in [0.2, 0.25) is 5.02 Å². The van der Waals surface area contributed by atoms with Crippen molar-refractivity contribution >= 4 is 34.1 Å². The predicted octanol–water partition coefficient (Wildman–Crippen LogP) is 5.72. The molecule has 1 saturated carbocycles. The molecule has 0 bridgehead atoms. The van der Waals surface area contributed by atoms with Gasteiger partial charge in [-0.05, 0) is 49.9 Å². The fourth-order valence-electron chi connectivity index (χ4n) is 4.05. The van der Waals surface area contributed by atoms with Gasteiger partial charge in [0.2, 0.25) is 0 Å². The van der Waals surface area contributed by atoms with Gasteiger partial charge < -0.3 is 10.6 Å². The molecule has 0 saturated heterocycles. The summed E-state index contributed by atoms with van der Waals surface area (Å²) in [5, 5.41) is 12.3. The Hall–Kier alpha value is -2.95. The number of rotatable bonds is 5. The van der Waals surface area contributed by atoms with E-state index in [1.165, 1.54) is 12.1 Å². The maximum absolute atomic E-state index is 13.4. The standard InChI is InChI=1S/C21H19ClF5N5O/c22-10-4-5-15-13(6-10)16(8-17(31-15)21(25,26)27)29-11-2-1-3-12(7-11)30-20(33)14-9-28-32-18(14)19(23)24/h4-6,8-9,11-12,19H,1-3,7H2,(H,28,32)(H,29,31)(H,30,33)/t11-,12+/m0/s1. The molecule has 3 N–H and O–H groups in total. The second-order valence-corrected chi connectivity index (χ2v) is 8.31. The molecular formula is C21H19ClF5N5O. The number of fused-ring (bicyclic) bond motifs is 1. The summed E-state index contributed by atoms with van der Waals surface area (Å²) < 4.78 is 66.1. The molecule has 1 aromatic carbocycles. The van der Waals surface area contributed by atoms with Crippen LogP contribution in [0.4, 0.5) is 27.6 Å². The molecule has 0 radical (unpaired) electrons. The SMILES string of the molecule is O=C(N[C@@H]1CCC[C@H](Nc2cc(C(F)(F)F)nc3ccc(Cl)cc23)C1)c1c[nH]nc1C(F)F. The molecule has 33 heavy (non-hydrogen) atoms. The van der Waals surface area contributed by atoms with Crippen molar-refractivity contribution in [2.75, 3.05) is 5.32 Å². The molecule has 0 spiro atoms. The molecule has 3 aromatic rings. The van der Waals surface area contributed by atoms with Gasteiger partial charge in [0.25, 0.3) is 12.3 Å².